The minimum absolute atomic E-state index is 0.200. The van der Waals surface area contributed by atoms with Crippen LogP contribution in [0.15, 0.2) is 35.5 Å². The van der Waals surface area contributed by atoms with Gasteiger partial charge < -0.3 is 24.3 Å². The maximum absolute atomic E-state index is 13.7. The third-order valence-electron chi connectivity index (χ3n) is 7.14. The fourth-order valence-corrected chi connectivity index (χ4v) is 5.30. The van der Waals surface area contributed by atoms with Gasteiger partial charge in [-0.2, -0.15) is 18.3 Å². The number of hydrogen-bond donors (Lipinski definition) is 2. The number of benzene rings is 1. The van der Waals surface area contributed by atoms with Gasteiger partial charge in [-0.3, -0.25) is 10.3 Å². The van der Waals surface area contributed by atoms with Crippen molar-refractivity contribution in [1.82, 2.24) is 15.5 Å². The lowest BCUT2D eigenvalue weighted by molar-refractivity contribution is -0.214. The topological polar surface area (TPSA) is 111 Å². The predicted octanol–water partition coefficient (Wildman–Crippen LogP) is 5.25. The van der Waals surface area contributed by atoms with Gasteiger partial charge in [0.05, 0.1) is 18.9 Å². The molecular formula is C30H41F3N4O7. The second-order valence-electron chi connectivity index (χ2n) is 11.7. The number of hydrazine groups is 1. The summed E-state index contributed by atoms with van der Waals surface area (Å²) in [7, 11) is 1.38. The van der Waals surface area contributed by atoms with Crippen LogP contribution in [0.25, 0.3) is 5.70 Å². The monoisotopic (exact) mass is 626 g/mol. The number of likely N-dealkylation sites (tertiary alicyclic amines) is 1. The Hall–Kier alpha value is -3.49. The largest absolute Gasteiger partial charge is 0.464 e. The molecule has 0 saturated carbocycles. The number of fused-ring (bicyclic) bond motifs is 2. The van der Waals surface area contributed by atoms with Crippen molar-refractivity contribution in [2.75, 3.05) is 39.0 Å². The van der Waals surface area contributed by atoms with Gasteiger partial charge in [0.2, 0.25) is 0 Å². The number of nitrogens with one attached hydrogen (secondary N) is 2. The van der Waals surface area contributed by atoms with Gasteiger partial charge in [-0.1, -0.05) is 6.07 Å². The Morgan fingerprint density at radius 3 is 2.64 bits per heavy atom. The van der Waals surface area contributed by atoms with Gasteiger partial charge in [-0.15, -0.1) is 0 Å². The third-order valence-corrected chi connectivity index (χ3v) is 7.14. The van der Waals surface area contributed by atoms with Crippen LogP contribution in [0.3, 0.4) is 0 Å². The second-order valence-corrected chi connectivity index (χ2v) is 11.7. The molecule has 3 aliphatic rings. The van der Waals surface area contributed by atoms with E-state index in [-0.39, 0.29) is 32.6 Å². The Morgan fingerprint density at radius 1 is 1.18 bits per heavy atom. The number of hydroxylamine groups is 1. The molecule has 244 valence electrons. The summed E-state index contributed by atoms with van der Waals surface area (Å²) in [6, 6.07) is 4.52. The molecule has 3 heterocycles. The molecule has 1 saturated heterocycles. The number of carbonyl (C=O) groups is 2. The highest BCUT2D eigenvalue weighted by molar-refractivity contribution is 5.82. The average molecular weight is 627 g/mol. The molecule has 11 nitrogen and oxygen atoms in total. The van der Waals surface area contributed by atoms with Crippen LogP contribution in [0.5, 0.6) is 0 Å². The summed E-state index contributed by atoms with van der Waals surface area (Å²) in [5.41, 5.74) is 3.61. The highest BCUT2D eigenvalue weighted by Crippen LogP contribution is 2.38. The number of esters is 1. The zero-order valence-corrected chi connectivity index (χ0v) is 25.7. The summed E-state index contributed by atoms with van der Waals surface area (Å²) in [5, 5.41) is 4.46. The lowest BCUT2D eigenvalue weighted by Crippen LogP contribution is -2.55. The van der Waals surface area contributed by atoms with E-state index in [1.807, 2.05) is 12.1 Å². The Labute approximate surface area is 255 Å². The number of hydrogen-bond acceptors (Lipinski definition) is 10. The van der Waals surface area contributed by atoms with Gasteiger partial charge in [0, 0.05) is 37.6 Å². The number of halogens is 3. The first-order valence-corrected chi connectivity index (χ1v) is 14.6. The van der Waals surface area contributed by atoms with Crippen molar-refractivity contribution in [3.8, 4) is 0 Å². The van der Waals surface area contributed by atoms with E-state index in [1.165, 1.54) is 12.0 Å². The lowest BCUT2D eigenvalue weighted by Gasteiger charge is -2.39. The van der Waals surface area contributed by atoms with E-state index in [1.54, 1.807) is 33.8 Å². The van der Waals surface area contributed by atoms with Crippen molar-refractivity contribution in [2.24, 2.45) is 0 Å². The first-order valence-electron chi connectivity index (χ1n) is 14.6. The minimum atomic E-state index is -4.61. The number of nitrogens with zero attached hydrogens (tertiary/aromatic N) is 2. The number of allylic oxidation sites excluding steroid dienone is 3. The minimum Gasteiger partial charge on any atom is -0.464 e. The van der Waals surface area contributed by atoms with Crippen LogP contribution in [-0.2, 0) is 35.2 Å². The van der Waals surface area contributed by atoms with Crippen molar-refractivity contribution < 1.29 is 46.5 Å². The van der Waals surface area contributed by atoms with Gasteiger partial charge in [0.15, 0.2) is 6.79 Å². The van der Waals surface area contributed by atoms with Crippen molar-refractivity contribution in [2.45, 2.75) is 83.8 Å². The van der Waals surface area contributed by atoms with Crippen molar-refractivity contribution >= 4 is 23.4 Å². The summed E-state index contributed by atoms with van der Waals surface area (Å²) < 4.78 is 62.9. The van der Waals surface area contributed by atoms with Gasteiger partial charge in [-0.25, -0.2) is 14.4 Å². The maximum atomic E-state index is 13.7. The van der Waals surface area contributed by atoms with Crippen LogP contribution < -0.4 is 10.7 Å². The summed E-state index contributed by atoms with van der Waals surface area (Å²) in [5.74, 6) is -0.473. The number of rotatable bonds is 7. The Morgan fingerprint density at radius 2 is 1.95 bits per heavy atom. The quantitative estimate of drug-likeness (QED) is 0.308. The number of carbonyl (C=O) groups excluding carboxylic acids is 2. The van der Waals surface area contributed by atoms with E-state index in [0.29, 0.717) is 49.1 Å². The number of piperidine rings is 1. The molecule has 1 aromatic rings. The van der Waals surface area contributed by atoms with Crippen LogP contribution in [0.1, 0.15) is 64.5 Å². The lowest BCUT2D eigenvalue weighted by atomic mass is 9.95. The number of methoxy groups -OCH3 is 1. The molecule has 4 rings (SSSR count). The zero-order valence-electron chi connectivity index (χ0n) is 25.7. The summed E-state index contributed by atoms with van der Waals surface area (Å²) in [6.45, 7) is 7.70. The fraction of sp³-hybridized carbons (Fsp3) is 0.600. The number of amides is 1. The molecule has 44 heavy (non-hydrogen) atoms. The molecule has 2 N–H and O–H groups in total. The number of anilines is 1. The molecule has 0 radical (unpaired) electrons. The van der Waals surface area contributed by atoms with Crippen LogP contribution in [0, 0.1) is 0 Å². The van der Waals surface area contributed by atoms with E-state index in [4.69, 9.17) is 23.8 Å². The first kappa shape index (κ1) is 33.4. The fourth-order valence-electron chi connectivity index (χ4n) is 5.30. The molecule has 0 bridgehead atoms. The summed E-state index contributed by atoms with van der Waals surface area (Å²) in [4.78, 5) is 32.7. The molecule has 14 heteroatoms. The van der Waals surface area contributed by atoms with Crippen molar-refractivity contribution in [1.29, 1.82) is 0 Å². The Bertz CT molecular complexity index is 1260. The van der Waals surface area contributed by atoms with E-state index in [9.17, 15) is 22.8 Å². The van der Waals surface area contributed by atoms with Gasteiger partial charge in [-0.05, 0) is 82.7 Å². The molecular weight excluding hydrogens is 585 g/mol. The summed E-state index contributed by atoms with van der Waals surface area (Å²) in [6.07, 6.45) is -2.29. The zero-order chi connectivity index (χ0) is 32.1. The van der Waals surface area contributed by atoms with Crippen molar-refractivity contribution in [3.63, 3.8) is 0 Å². The van der Waals surface area contributed by atoms with Crippen LogP contribution in [0.4, 0.5) is 23.7 Å². The highest BCUT2D eigenvalue weighted by Gasteiger charge is 2.41. The SMILES string of the molecule is CCOC(=O)[C@@H]1CC[C@@H](Nc2ccc3c(c2)COCCCC2=C3N(OCOC)NC(C(F)(F)F)=C2)CN1C(=O)OC(C)(C)C. The van der Waals surface area contributed by atoms with Crippen LogP contribution in [0.2, 0.25) is 0 Å². The maximum Gasteiger partial charge on any atom is 0.432 e. The molecule has 3 aliphatic heterocycles. The molecule has 1 fully saturated rings. The van der Waals surface area contributed by atoms with E-state index in [0.717, 1.165) is 22.5 Å². The third kappa shape index (κ3) is 8.36. The van der Waals surface area contributed by atoms with Crippen LogP contribution >= 0.6 is 0 Å². The Kier molecular flexibility index (Phi) is 10.7. The van der Waals surface area contributed by atoms with E-state index in [2.05, 4.69) is 10.7 Å². The average Bonchev–Trinajstić information content (AvgIpc) is 3.03. The van der Waals surface area contributed by atoms with Gasteiger partial charge in [0.1, 0.15) is 17.3 Å². The summed E-state index contributed by atoms with van der Waals surface area (Å²) >= 11 is 0. The first-order chi connectivity index (χ1) is 20.8. The van der Waals surface area contributed by atoms with E-state index >= 15 is 0 Å². The molecule has 0 aliphatic carbocycles. The predicted molar refractivity (Wildman–Crippen MR) is 154 cm³/mol. The number of alkyl halides is 3. The van der Waals surface area contributed by atoms with E-state index < -0.39 is 35.6 Å². The second kappa shape index (κ2) is 14.1. The molecule has 1 amide bonds. The van der Waals surface area contributed by atoms with Gasteiger partial charge in [0.25, 0.3) is 0 Å². The Balaban J connectivity index is 1.63. The van der Waals surface area contributed by atoms with Gasteiger partial charge >= 0.3 is 18.2 Å². The molecule has 0 unspecified atom stereocenters. The molecule has 0 spiro atoms. The molecule has 0 aromatic heterocycles. The molecule has 1 aromatic carbocycles. The normalized spacial score (nSPS) is 21.1. The smallest absolute Gasteiger partial charge is 0.432 e. The number of ether oxygens (including phenoxy) is 4. The van der Waals surface area contributed by atoms with Crippen LogP contribution in [-0.4, -0.2) is 79.7 Å². The molecule has 2 atom stereocenters. The van der Waals surface area contributed by atoms with Crippen molar-refractivity contribution in [3.05, 3.63) is 46.7 Å². The standard InChI is InChI=1S/C30H41F3N4O7/c1-6-42-27(38)24-12-10-22(16-36(24)28(39)44-29(2,3)4)34-21-9-11-23-20(14-21)17-41-13-7-8-19-15-25(30(31,32)33)35-37(26(19)23)43-18-40-5/h9,11,14-15,22,24,34-35H,6-8,10,12-13,16-18H2,1-5H3/t22-,24+/m1/s1. The highest BCUT2D eigenvalue weighted by atomic mass is 19.4.